The second-order valence-corrected chi connectivity index (χ2v) is 6.20. The molecule has 0 aliphatic heterocycles. The van der Waals surface area contributed by atoms with Crippen LogP contribution in [0.25, 0.3) is 10.8 Å². The summed E-state index contributed by atoms with van der Waals surface area (Å²) in [6, 6.07) is 15.8. The van der Waals surface area contributed by atoms with Crippen molar-refractivity contribution in [1.82, 2.24) is 4.90 Å². The summed E-state index contributed by atoms with van der Waals surface area (Å²) in [7, 11) is 2.18. The van der Waals surface area contributed by atoms with Crippen LogP contribution in [0.5, 0.6) is 0 Å². The molecule has 2 nitrogen and oxygen atoms in total. The summed E-state index contributed by atoms with van der Waals surface area (Å²) in [4.78, 5) is 2.40. The zero-order valence-corrected chi connectivity index (χ0v) is 13.4. The van der Waals surface area contributed by atoms with Crippen LogP contribution in [-0.2, 0) is 0 Å². The quantitative estimate of drug-likeness (QED) is 0.882. The Morgan fingerprint density at radius 2 is 1.85 bits per heavy atom. The molecule has 0 amide bonds. The molecule has 0 heterocycles. The molecule has 0 saturated heterocycles. The van der Waals surface area contributed by atoms with Gasteiger partial charge in [0.1, 0.15) is 0 Å². The first kappa shape index (κ1) is 15.4. The van der Waals surface area contributed by atoms with Gasteiger partial charge in [0.05, 0.1) is 0 Å². The summed E-state index contributed by atoms with van der Waals surface area (Å²) in [5, 5.41) is 2.60. The number of nitrogens with zero attached hydrogens (tertiary/aromatic N) is 1. The molecule has 0 aliphatic rings. The van der Waals surface area contributed by atoms with Crippen LogP contribution in [-0.4, -0.2) is 36.5 Å². The standard InChI is InChI=1S/C17H24N2S/c1-13(12-20-3)19(2)17(11-18)16-10-6-8-14-7-4-5-9-15(14)16/h4-10,13,17H,11-12,18H2,1-3H3. The lowest BCUT2D eigenvalue weighted by Crippen LogP contribution is -2.38. The predicted octanol–water partition coefficient (Wildman–Crippen LogP) is 3.52. The molecule has 108 valence electrons. The second-order valence-electron chi connectivity index (χ2n) is 5.29. The Labute approximate surface area is 126 Å². The SMILES string of the molecule is CSCC(C)N(C)C(CN)c1cccc2ccccc12. The normalized spacial score (nSPS) is 14.7. The Morgan fingerprint density at radius 1 is 1.15 bits per heavy atom. The Bertz CT molecular complexity index is 550. The molecule has 0 radical (unpaired) electrons. The molecule has 0 aromatic heterocycles. The summed E-state index contributed by atoms with van der Waals surface area (Å²) >= 11 is 1.88. The van der Waals surface area contributed by atoms with Crippen molar-refractivity contribution in [3.63, 3.8) is 0 Å². The summed E-state index contributed by atoms with van der Waals surface area (Å²) in [5.74, 6) is 1.12. The molecule has 0 aliphatic carbocycles. The van der Waals surface area contributed by atoms with E-state index in [9.17, 15) is 0 Å². The number of hydrogen-bond donors (Lipinski definition) is 1. The van der Waals surface area contributed by atoms with E-state index < -0.39 is 0 Å². The van der Waals surface area contributed by atoms with Gasteiger partial charge in [0, 0.05) is 24.4 Å². The van der Waals surface area contributed by atoms with Crippen LogP contribution in [0.3, 0.4) is 0 Å². The molecule has 2 unspecified atom stereocenters. The van der Waals surface area contributed by atoms with Crippen LogP contribution in [0.15, 0.2) is 42.5 Å². The van der Waals surface area contributed by atoms with Crippen molar-refractivity contribution < 1.29 is 0 Å². The van der Waals surface area contributed by atoms with Gasteiger partial charge in [-0.15, -0.1) is 0 Å². The third kappa shape index (κ3) is 3.17. The minimum Gasteiger partial charge on any atom is -0.329 e. The van der Waals surface area contributed by atoms with E-state index in [2.05, 4.69) is 67.6 Å². The van der Waals surface area contributed by atoms with Gasteiger partial charge < -0.3 is 5.73 Å². The molecule has 3 heteroatoms. The van der Waals surface area contributed by atoms with E-state index in [0.29, 0.717) is 12.6 Å². The number of likely N-dealkylation sites (N-methyl/N-ethyl adjacent to an activating group) is 1. The Hall–Kier alpha value is -1.03. The van der Waals surface area contributed by atoms with Gasteiger partial charge in [0.2, 0.25) is 0 Å². The van der Waals surface area contributed by atoms with Gasteiger partial charge in [-0.2, -0.15) is 11.8 Å². The van der Waals surface area contributed by atoms with Gasteiger partial charge in [-0.3, -0.25) is 4.90 Å². The van der Waals surface area contributed by atoms with E-state index in [-0.39, 0.29) is 6.04 Å². The molecule has 2 rings (SSSR count). The summed E-state index contributed by atoms with van der Waals surface area (Å²) < 4.78 is 0. The molecule has 0 fully saturated rings. The van der Waals surface area contributed by atoms with E-state index in [1.807, 2.05) is 11.8 Å². The number of thioether (sulfide) groups is 1. The van der Waals surface area contributed by atoms with Crippen molar-refractivity contribution in [2.75, 3.05) is 25.6 Å². The van der Waals surface area contributed by atoms with Crippen LogP contribution < -0.4 is 5.73 Å². The van der Waals surface area contributed by atoms with Crippen LogP contribution in [0.1, 0.15) is 18.5 Å². The molecular formula is C17H24N2S. The number of hydrogen-bond acceptors (Lipinski definition) is 3. The smallest absolute Gasteiger partial charge is 0.0476 e. The van der Waals surface area contributed by atoms with Gasteiger partial charge in [-0.25, -0.2) is 0 Å². The van der Waals surface area contributed by atoms with Crippen LogP contribution >= 0.6 is 11.8 Å². The van der Waals surface area contributed by atoms with Crippen LogP contribution in [0, 0.1) is 0 Å². The zero-order chi connectivity index (χ0) is 14.5. The number of rotatable bonds is 6. The molecule has 0 spiro atoms. The van der Waals surface area contributed by atoms with E-state index in [0.717, 1.165) is 5.75 Å². The number of benzene rings is 2. The van der Waals surface area contributed by atoms with Crippen molar-refractivity contribution in [2.45, 2.75) is 19.0 Å². The first-order valence-corrected chi connectivity index (χ1v) is 8.47. The third-order valence-corrected chi connectivity index (χ3v) is 4.82. The van der Waals surface area contributed by atoms with E-state index >= 15 is 0 Å². The van der Waals surface area contributed by atoms with Crippen LogP contribution in [0.2, 0.25) is 0 Å². The first-order valence-electron chi connectivity index (χ1n) is 7.07. The Kier molecular flexibility index (Phi) is 5.46. The van der Waals surface area contributed by atoms with Crippen molar-refractivity contribution in [3.8, 4) is 0 Å². The monoisotopic (exact) mass is 288 g/mol. The summed E-state index contributed by atoms with van der Waals surface area (Å²) in [6.07, 6.45) is 2.15. The molecule has 2 N–H and O–H groups in total. The molecule has 2 aromatic rings. The Balaban J connectivity index is 2.39. The third-order valence-electron chi connectivity index (χ3n) is 4.00. The van der Waals surface area contributed by atoms with Crippen molar-refractivity contribution in [3.05, 3.63) is 48.0 Å². The number of fused-ring (bicyclic) bond motifs is 1. The fraction of sp³-hybridized carbons (Fsp3) is 0.412. The fourth-order valence-corrected chi connectivity index (χ4v) is 3.44. The summed E-state index contributed by atoms with van der Waals surface area (Å²) in [5.41, 5.74) is 7.42. The molecular weight excluding hydrogens is 264 g/mol. The average Bonchev–Trinajstić information content (AvgIpc) is 2.48. The second kappa shape index (κ2) is 7.11. The summed E-state index contributed by atoms with van der Waals surface area (Å²) in [6.45, 7) is 2.91. The minimum atomic E-state index is 0.267. The van der Waals surface area contributed by atoms with Crippen molar-refractivity contribution in [1.29, 1.82) is 0 Å². The van der Waals surface area contributed by atoms with E-state index in [1.165, 1.54) is 16.3 Å². The maximum atomic E-state index is 6.08. The largest absolute Gasteiger partial charge is 0.329 e. The topological polar surface area (TPSA) is 29.3 Å². The van der Waals surface area contributed by atoms with Crippen LogP contribution in [0.4, 0.5) is 0 Å². The molecule has 0 bridgehead atoms. The lowest BCUT2D eigenvalue weighted by Gasteiger charge is -2.33. The average molecular weight is 288 g/mol. The maximum Gasteiger partial charge on any atom is 0.0476 e. The molecule has 0 saturated carbocycles. The lowest BCUT2D eigenvalue weighted by atomic mass is 9.97. The lowest BCUT2D eigenvalue weighted by molar-refractivity contribution is 0.205. The van der Waals surface area contributed by atoms with Gasteiger partial charge in [0.25, 0.3) is 0 Å². The van der Waals surface area contributed by atoms with E-state index in [1.54, 1.807) is 0 Å². The first-order chi connectivity index (χ1) is 9.69. The van der Waals surface area contributed by atoms with Gasteiger partial charge in [-0.05, 0) is 36.6 Å². The maximum absolute atomic E-state index is 6.08. The van der Waals surface area contributed by atoms with Crippen molar-refractivity contribution in [2.24, 2.45) is 5.73 Å². The Morgan fingerprint density at radius 3 is 2.55 bits per heavy atom. The highest BCUT2D eigenvalue weighted by Crippen LogP contribution is 2.28. The highest BCUT2D eigenvalue weighted by Gasteiger charge is 2.21. The van der Waals surface area contributed by atoms with E-state index in [4.69, 9.17) is 5.73 Å². The zero-order valence-electron chi connectivity index (χ0n) is 12.5. The van der Waals surface area contributed by atoms with Crippen molar-refractivity contribution >= 4 is 22.5 Å². The highest BCUT2D eigenvalue weighted by molar-refractivity contribution is 7.98. The molecule has 2 atom stereocenters. The van der Waals surface area contributed by atoms with Gasteiger partial charge in [0.15, 0.2) is 0 Å². The number of nitrogens with two attached hydrogens (primary N) is 1. The highest BCUT2D eigenvalue weighted by atomic mass is 32.2. The molecule has 2 aromatic carbocycles. The minimum absolute atomic E-state index is 0.267. The molecule has 20 heavy (non-hydrogen) atoms. The predicted molar refractivity (Wildman–Crippen MR) is 91.4 cm³/mol. The van der Waals surface area contributed by atoms with Gasteiger partial charge >= 0.3 is 0 Å². The van der Waals surface area contributed by atoms with Gasteiger partial charge in [-0.1, -0.05) is 42.5 Å². The fourth-order valence-electron chi connectivity index (χ4n) is 2.72.